The molecule has 4 nitrogen and oxygen atoms in total. The highest BCUT2D eigenvalue weighted by atomic mass is 19.1. The minimum absolute atomic E-state index is 0.0245. The first-order valence-electron chi connectivity index (χ1n) is 8.66. The number of pyridine rings is 1. The molecule has 2 aromatic carbocycles. The molecule has 1 N–H and O–H groups in total. The number of benzene rings is 2. The van der Waals surface area contributed by atoms with Gasteiger partial charge in [-0.15, -0.1) is 0 Å². The molecule has 0 aliphatic carbocycles. The molecule has 6 heteroatoms. The van der Waals surface area contributed by atoms with Crippen molar-refractivity contribution in [2.24, 2.45) is 0 Å². The standard InChI is InChI=1S/C21H20F2N2O2/c1-13(8-9-14-6-4-3-5-7-14)24-21(26)18-12-19(27-2)16-10-15(22)11-17(23)20(16)25-18/h3-7,10-13H,8-9H2,1-2H3,(H,24,26)/t13-/m1/s1. The summed E-state index contributed by atoms with van der Waals surface area (Å²) in [6.07, 6.45) is 1.57. The zero-order valence-corrected chi connectivity index (χ0v) is 15.1. The number of nitrogens with one attached hydrogen (secondary N) is 1. The third kappa shape index (κ3) is 4.39. The number of aromatic nitrogens is 1. The van der Waals surface area contributed by atoms with Crippen LogP contribution in [-0.2, 0) is 6.42 Å². The first-order valence-corrected chi connectivity index (χ1v) is 8.66. The van der Waals surface area contributed by atoms with Crippen LogP contribution in [0.2, 0.25) is 0 Å². The number of amides is 1. The van der Waals surface area contributed by atoms with Crippen LogP contribution in [0.4, 0.5) is 8.78 Å². The third-order valence-corrected chi connectivity index (χ3v) is 4.33. The van der Waals surface area contributed by atoms with Gasteiger partial charge in [-0.2, -0.15) is 0 Å². The molecule has 0 bridgehead atoms. The Balaban J connectivity index is 1.77. The van der Waals surface area contributed by atoms with Crippen molar-refractivity contribution in [2.75, 3.05) is 7.11 Å². The minimum Gasteiger partial charge on any atom is -0.496 e. The second-order valence-electron chi connectivity index (χ2n) is 6.39. The Morgan fingerprint density at radius 1 is 1.19 bits per heavy atom. The SMILES string of the molecule is COc1cc(C(=O)N[C@H](C)CCc2ccccc2)nc2c(F)cc(F)cc12. The molecule has 1 aromatic heterocycles. The maximum absolute atomic E-state index is 14.1. The molecule has 0 radical (unpaired) electrons. The molecule has 1 atom stereocenters. The molecule has 0 aliphatic rings. The predicted octanol–water partition coefficient (Wildman–Crippen LogP) is 4.27. The van der Waals surface area contributed by atoms with Crippen molar-refractivity contribution in [1.82, 2.24) is 10.3 Å². The van der Waals surface area contributed by atoms with Crippen molar-refractivity contribution in [1.29, 1.82) is 0 Å². The lowest BCUT2D eigenvalue weighted by atomic mass is 10.1. The predicted molar refractivity (Wildman–Crippen MR) is 99.9 cm³/mol. The Labute approximate surface area is 156 Å². The van der Waals surface area contributed by atoms with Crippen LogP contribution < -0.4 is 10.1 Å². The first kappa shape index (κ1) is 18.8. The van der Waals surface area contributed by atoms with E-state index in [2.05, 4.69) is 10.3 Å². The lowest BCUT2D eigenvalue weighted by Gasteiger charge is -2.15. The summed E-state index contributed by atoms with van der Waals surface area (Å²) in [7, 11) is 1.38. The molecule has 0 spiro atoms. The van der Waals surface area contributed by atoms with Crippen LogP contribution in [0, 0.1) is 11.6 Å². The fourth-order valence-electron chi connectivity index (χ4n) is 2.91. The van der Waals surface area contributed by atoms with Crippen LogP contribution in [0.15, 0.2) is 48.5 Å². The number of hydrogen-bond donors (Lipinski definition) is 1. The molecular formula is C21H20F2N2O2. The lowest BCUT2D eigenvalue weighted by Crippen LogP contribution is -2.33. The molecule has 0 fully saturated rings. The quantitative estimate of drug-likeness (QED) is 0.705. The van der Waals surface area contributed by atoms with Gasteiger partial charge >= 0.3 is 0 Å². The monoisotopic (exact) mass is 370 g/mol. The Hall–Kier alpha value is -3.02. The van der Waals surface area contributed by atoms with E-state index in [0.29, 0.717) is 0 Å². The number of ether oxygens (including phenoxy) is 1. The second-order valence-corrected chi connectivity index (χ2v) is 6.39. The maximum atomic E-state index is 14.1. The normalized spacial score (nSPS) is 12.0. The van der Waals surface area contributed by atoms with Gasteiger partial charge in [0.1, 0.15) is 22.8 Å². The van der Waals surface area contributed by atoms with E-state index in [1.807, 2.05) is 37.3 Å². The summed E-state index contributed by atoms with van der Waals surface area (Å²) in [5.74, 6) is -1.80. The van der Waals surface area contributed by atoms with Crippen molar-refractivity contribution >= 4 is 16.8 Å². The summed E-state index contributed by atoms with van der Waals surface area (Å²) in [5.41, 5.74) is 1.11. The van der Waals surface area contributed by atoms with E-state index in [4.69, 9.17) is 4.74 Å². The molecule has 3 aromatic rings. The fourth-order valence-corrected chi connectivity index (χ4v) is 2.91. The van der Waals surface area contributed by atoms with E-state index in [1.165, 1.54) is 18.7 Å². The number of rotatable bonds is 6. The molecule has 0 saturated heterocycles. The second kappa shape index (κ2) is 8.12. The number of fused-ring (bicyclic) bond motifs is 1. The number of carbonyl (C=O) groups is 1. The Bertz CT molecular complexity index is 961. The van der Waals surface area contributed by atoms with Crippen LogP contribution >= 0.6 is 0 Å². The summed E-state index contributed by atoms with van der Waals surface area (Å²) >= 11 is 0. The van der Waals surface area contributed by atoms with E-state index in [9.17, 15) is 13.6 Å². The number of hydrogen-bond acceptors (Lipinski definition) is 3. The highest BCUT2D eigenvalue weighted by molar-refractivity contribution is 5.97. The molecule has 1 heterocycles. The Morgan fingerprint density at radius 3 is 2.63 bits per heavy atom. The van der Waals surface area contributed by atoms with Crippen molar-refractivity contribution in [3.8, 4) is 5.75 Å². The maximum Gasteiger partial charge on any atom is 0.270 e. The summed E-state index contributed by atoms with van der Waals surface area (Å²) in [6, 6.07) is 13.1. The molecule has 27 heavy (non-hydrogen) atoms. The Morgan fingerprint density at radius 2 is 1.93 bits per heavy atom. The number of halogens is 2. The van der Waals surface area contributed by atoms with E-state index in [-0.39, 0.29) is 28.4 Å². The zero-order chi connectivity index (χ0) is 19.4. The summed E-state index contributed by atoms with van der Waals surface area (Å²) in [6.45, 7) is 1.90. The van der Waals surface area contributed by atoms with Gasteiger partial charge in [0.2, 0.25) is 0 Å². The number of methoxy groups -OCH3 is 1. The van der Waals surface area contributed by atoms with E-state index < -0.39 is 17.5 Å². The van der Waals surface area contributed by atoms with Gasteiger partial charge in [0.25, 0.3) is 5.91 Å². The molecule has 140 valence electrons. The summed E-state index contributed by atoms with van der Waals surface area (Å²) in [5, 5.41) is 3.04. The number of carbonyl (C=O) groups excluding carboxylic acids is 1. The smallest absolute Gasteiger partial charge is 0.270 e. The number of nitrogens with zero attached hydrogens (tertiary/aromatic N) is 1. The van der Waals surface area contributed by atoms with Crippen LogP contribution in [0.1, 0.15) is 29.4 Å². The number of aryl methyl sites for hydroxylation is 1. The molecule has 0 aliphatic heterocycles. The van der Waals surface area contributed by atoms with E-state index in [1.54, 1.807) is 0 Å². The van der Waals surface area contributed by atoms with Gasteiger partial charge in [-0.3, -0.25) is 4.79 Å². The zero-order valence-electron chi connectivity index (χ0n) is 15.1. The molecular weight excluding hydrogens is 350 g/mol. The van der Waals surface area contributed by atoms with Crippen LogP contribution in [0.3, 0.4) is 0 Å². The van der Waals surface area contributed by atoms with E-state index in [0.717, 1.165) is 25.0 Å². The third-order valence-electron chi connectivity index (χ3n) is 4.33. The van der Waals surface area contributed by atoms with Crippen molar-refractivity contribution < 1.29 is 18.3 Å². The van der Waals surface area contributed by atoms with Gasteiger partial charge in [0.05, 0.1) is 7.11 Å². The average molecular weight is 370 g/mol. The topological polar surface area (TPSA) is 51.2 Å². The van der Waals surface area contributed by atoms with Crippen LogP contribution in [-0.4, -0.2) is 24.0 Å². The first-order chi connectivity index (χ1) is 13.0. The molecule has 1 amide bonds. The van der Waals surface area contributed by atoms with Crippen LogP contribution in [0.5, 0.6) is 5.75 Å². The average Bonchev–Trinajstić information content (AvgIpc) is 2.66. The van der Waals surface area contributed by atoms with Gasteiger partial charge in [-0.05, 0) is 31.4 Å². The van der Waals surface area contributed by atoms with Gasteiger partial charge in [0, 0.05) is 23.6 Å². The highest BCUT2D eigenvalue weighted by Gasteiger charge is 2.17. The molecule has 0 unspecified atom stereocenters. The van der Waals surface area contributed by atoms with Crippen LogP contribution in [0.25, 0.3) is 10.9 Å². The summed E-state index contributed by atoms with van der Waals surface area (Å²) in [4.78, 5) is 16.6. The highest BCUT2D eigenvalue weighted by Crippen LogP contribution is 2.28. The largest absolute Gasteiger partial charge is 0.496 e. The lowest BCUT2D eigenvalue weighted by molar-refractivity contribution is 0.0933. The van der Waals surface area contributed by atoms with E-state index >= 15 is 0 Å². The van der Waals surface area contributed by atoms with Crippen molar-refractivity contribution in [2.45, 2.75) is 25.8 Å². The van der Waals surface area contributed by atoms with Gasteiger partial charge in [0.15, 0.2) is 5.82 Å². The minimum atomic E-state index is -0.838. The Kier molecular flexibility index (Phi) is 5.64. The van der Waals surface area contributed by atoms with Gasteiger partial charge in [-0.1, -0.05) is 30.3 Å². The van der Waals surface area contributed by atoms with Gasteiger partial charge in [-0.25, -0.2) is 13.8 Å². The summed E-state index contributed by atoms with van der Waals surface area (Å²) < 4.78 is 32.7. The fraction of sp³-hybridized carbons (Fsp3) is 0.238. The van der Waals surface area contributed by atoms with Crippen molar-refractivity contribution in [3.05, 3.63) is 71.4 Å². The molecule has 3 rings (SSSR count). The van der Waals surface area contributed by atoms with Crippen molar-refractivity contribution in [3.63, 3.8) is 0 Å². The molecule has 0 saturated carbocycles. The van der Waals surface area contributed by atoms with Gasteiger partial charge < -0.3 is 10.1 Å².